The smallest absolute Gasteiger partial charge is 0.196 e. The normalized spacial score (nSPS) is 23.2. The van der Waals surface area contributed by atoms with Crippen molar-refractivity contribution in [2.75, 3.05) is 0 Å². The molecular weight excluding hydrogens is 331 g/mol. The van der Waals surface area contributed by atoms with E-state index in [1.807, 2.05) is 6.08 Å². The Bertz CT molecular complexity index is 315. The molecule has 0 aliphatic heterocycles. The van der Waals surface area contributed by atoms with Crippen LogP contribution in [0.2, 0.25) is 18.1 Å². The van der Waals surface area contributed by atoms with Gasteiger partial charge in [-0.1, -0.05) is 26.8 Å². The fourth-order valence-corrected chi connectivity index (χ4v) is 3.34. The van der Waals surface area contributed by atoms with Crippen molar-refractivity contribution in [1.82, 2.24) is 0 Å². The van der Waals surface area contributed by atoms with E-state index in [-0.39, 0.29) is 16.9 Å². The fourth-order valence-electron chi connectivity index (χ4n) is 1.39. The number of carbonyl (C=O) groups is 1. The van der Waals surface area contributed by atoms with Crippen LogP contribution in [-0.2, 0) is 9.22 Å². The molecule has 0 fully saturated rings. The molecule has 2 nitrogen and oxygen atoms in total. The first-order valence-electron chi connectivity index (χ1n) is 5.73. The molecule has 1 atom stereocenters. The zero-order valence-corrected chi connectivity index (χ0v) is 13.9. The number of allylic oxidation sites excluding steroid dienone is 1. The Hall–Kier alpha value is 0.317. The number of ketones is 1. The maximum atomic E-state index is 12.0. The van der Waals surface area contributed by atoms with Gasteiger partial charge in [-0.05, 0) is 53.6 Å². The Labute approximate surface area is 113 Å². The van der Waals surface area contributed by atoms with Crippen LogP contribution in [-0.4, -0.2) is 20.2 Å². The average molecular weight is 352 g/mol. The Morgan fingerprint density at radius 2 is 2.00 bits per heavy atom. The van der Waals surface area contributed by atoms with Crippen LogP contribution in [0, 0.1) is 0 Å². The second-order valence-corrected chi connectivity index (χ2v) is 11.8. The van der Waals surface area contributed by atoms with Crippen molar-refractivity contribution in [3.05, 3.63) is 9.66 Å². The summed E-state index contributed by atoms with van der Waals surface area (Å²) < 4.78 is 7.01. The van der Waals surface area contributed by atoms with E-state index >= 15 is 0 Å². The van der Waals surface area contributed by atoms with Gasteiger partial charge in [-0.2, -0.15) is 0 Å². The first-order chi connectivity index (χ1) is 7.15. The number of halogens is 1. The third-order valence-electron chi connectivity index (χ3n) is 3.52. The van der Waals surface area contributed by atoms with E-state index in [1.54, 1.807) is 0 Å². The minimum Gasteiger partial charge on any atom is -0.406 e. The second-order valence-electron chi connectivity index (χ2n) is 5.86. The summed E-state index contributed by atoms with van der Waals surface area (Å²) in [4.78, 5) is 12.0. The molecule has 0 saturated heterocycles. The summed E-state index contributed by atoms with van der Waals surface area (Å²) in [6, 6.07) is 0. The molecule has 0 aromatic rings. The molecular formula is C12H21IO2Si. The third kappa shape index (κ3) is 3.17. The van der Waals surface area contributed by atoms with Crippen LogP contribution in [0.3, 0.4) is 0 Å². The van der Waals surface area contributed by atoms with Gasteiger partial charge < -0.3 is 4.43 Å². The van der Waals surface area contributed by atoms with Crippen molar-refractivity contribution in [1.29, 1.82) is 0 Å². The quantitative estimate of drug-likeness (QED) is 0.553. The van der Waals surface area contributed by atoms with Crippen LogP contribution < -0.4 is 0 Å². The number of hydrogen-bond acceptors (Lipinski definition) is 2. The lowest BCUT2D eigenvalue weighted by molar-refractivity contribution is -0.122. The monoisotopic (exact) mass is 352 g/mol. The number of rotatable bonds is 2. The SMILES string of the molecule is CC(C)(C)[Si](C)(C)O[C@@H]1CCC=C(I)C1=O. The van der Waals surface area contributed by atoms with Gasteiger partial charge in [0.05, 0.1) is 3.58 Å². The van der Waals surface area contributed by atoms with Crippen molar-refractivity contribution in [2.24, 2.45) is 0 Å². The summed E-state index contributed by atoms with van der Waals surface area (Å²) in [7, 11) is -1.82. The van der Waals surface area contributed by atoms with Crippen LogP contribution in [0.1, 0.15) is 33.6 Å². The molecule has 0 spiro atoms. The minimum absolute atomic E-state index is 0.167. The van der Waals surface area contributed by atoms with Gasteiger partial charge in [-0.15, -0.1) is 0 Å². The second kappa shape index (κ2) is 4.90. The maximum Gasteiger partial charge on any atom is 0.196 e. The highest BCUT2D eigenvalue weighted by Gasteiger charge is 2.41. The van der Waals surface area contributed by atoms with Crippen LogP contribution in [0.15, 0.2) is 9.66 Å². The molecule has 0 amide bonds. The van der Waals surface area contributed by atoms with E-state index < -0.39 is 8.32 Å². The van der Waals surface area contributed by atoms with Crippen LogP contribution in [0.5, 0.6) is 0 Å². The van der Waals surface area contributed by atoms with Gasteiger partial charge in [-0.25, -0.2) is 0 Å². The zero-order chi connectivity index (χ0) is 12.6. The summed E-state index contributed by atoms with van der Waals surface area (Å²) >= 11 is 2.12. The van der Waals surface area contributed by atoms with Gasteiger partial charge >= 0.3 is 0 Å². The average Bonchev–Trinajstić information content (AvgIpc) is 2.11. The van der Waals surface area contributed by atoms with Gasteiger partial charge in [0.2, 0.25) is 0 Å². The summed E-state index contributed by atoms with van der Waals surface area (Å²) in [5.74, 6) is 0.177. The third-order valence-corrected chi connectivity index (χ3v) is 8.98. The van der Waals surface area contributed by atoms with Crippen molar-refractivity contribution in [3.8, 4) is 0 Å². The maximum absolute atomic E-state index is 12.0. The molecule has 1 aliphatic carbocycles. The molecule has 0 bridgehead atoms. The lowest BCUT2D eigenvalue weighted by Crippen LogP contribution is -2.46. The summed E-state index contributed by atoms with van der Waals surface area (Å²) in [6.07, 6.45) is 3.62. The number of hydrogen-bond donors (Lipinski definition) is 0. The predicted octanol–water partition coefficient (Wildman–Crippen LogP) is 4.06. The number of carbonyl (C=O) groups excluding carboxylic acids is 1. The Kier molecular flexibility index (Phi) is 4.40. The highest BCUT2D eigenvalue weighted by atomic mass is 127. The Balaban J connectivity index is 2.76. The topological polar surface area (TPSA) is 26.3 Å². The van der Waals surface area contributed by atoms with E-state index in [1.165, 1.54) is 0 Å². The molecule has 1 aliphatic rings. The van der Waals surface area contributed by atoms with E-state index in [0.29, 0.717) is 0 Å². The molecule has 0 aromatic carbocycles. The summed E-state index contributed by atoms with van der Waals surface area (Å²) in [5.41, 5.74) is 0. The van der Waals surface area contributed by atoms with E-state index in [9.17, 15) is 4.79 Å². The van der Waals surface area contributed by atoms with Gasteiger partial charge in [0.15, 0.2) is 14.1 Å². The molecule has 0 heterocycles. The van der Waals surface area contributed by atoms with Crippen molar-refractivity contribution < 1.29 is 9.22 Å². The van der Waals surface area contributed by atoms with Gasteiger partial charge in [0.25, 0.3) is 0 Å². The summed E-state index contributed by atoms with van der Waals surface area (Å²) in [6.45, 7) is 11.0. The minimum atomic E-state index is -1.82. The predicted molar refractivity (Wildman–Crippen MR) is 78.4 cm³/mol. The Morgan fingerprint density at radius 3 is 2.50 bits per heavy atom. The van der Waals surface area contributed by atoms with E-state index in [4.69, 9.17) is 4.43 Å². The van der Waals surface area contributed by atoms with E-state index in [0.717, 1.165) is 16.4 Å². The largest absolute Gasteiger partial charge is 0.406 e. The molecule has 0 aromatic heterocycles. The molecule has 16 heavy (non-hydrogen) atoms. The molecule has 0 saturated carbocycles. The first-order valence-corrected chi connectivity index (χ1v) is 9.71. The van der Waals surface area contributed by atoms with Crippen LogP contribution in [0.25, 0.3) is 0 Å². The number of Topliss-reactive ketones (excluding diaryl/α,β-unsaturated/α-hetero) is 1. The van der Waals surface area contributed by atoms with Crippen molar-refractivity contribution in [3.63, 3.8) is 0 Å². The molecule has 92 valence electrons. The van der Waals surface area contributed by atoms with Crippen molar-refractivity contribution in [2.45, 2.75) is 57.8 Å². The highest BCUT2D eigenvalue weighted by molar-refractivity contribution is 14.1. The molecule has 0 unspecified atom stereocenters. The lowest BCUT2D eigenvalue weighted by Gasteiger charge is -2.39. The molecule has 0 N–H and O–H groups in total. The van der Waals surface area contributed by atoms with Gasteiger partial charge in [-0.3, -0.25) is 4.79 Å². The fraction of sp³-hybridized carbons (Fsp3) is 0.750. The van der Waals surface area contributed by atoms with Crippen LogP contribution >= 0.6 is 22.6 Å². The molecule has 4 heteroatoms. The van der Waals surface area contributed by atoms with E-state index in [2.05, 4.69) is 56.5 Å². The summed E-state index contributed by atoms with van der Waals surface area (Å²) in [5, 5.41) is 0.167. The molecule has 0 radical (unpaired) electrons. The van der Waals surface area contributed by atoms with Gasteiger partial charge in [0.1, 0.15) is 6.10 Å². The van der Waals surface area contributed by atoms with Gasteiger partial charge in [0, 0.05) is 0 Å². The Morgan fingerprint density at radius 1 is 1.44 bits per heavy atom. The van der Waals surface area contributed by atoms with Crippen LogP contribution in [0.4, 0.5) is 0 Å². The van der Waals surface area contributed by atoms with Crippen molar-refractivity contribution >= 4 is 36.7 Å². The zero-order valence-electron chi connectivity index (χ0n) is 10.8. The molecule has 1 rings (SSSR count). The highest BCUT2D eigenvalue weighted by Crippen LogP contribution is 2.38. The first kappa shape index (κ1) is 14.4. The standard InChI is InChI=1S/C12H21IO2Si/c1-12(2,3)16(4,5)15-10-8-6-7-9(13)11(10)14/h7,10H,6,8H2,1-5H3/t10-/m1/s1. The lowest BCUT2D eigenvalue weighted by atomic mass is 10.0.